The summed E-state index contributed by atoms with van der Waals surface area (Å²) in [4.78, 5) is 24.1. The van der Waals surface area contributed by atoms with E-state index in [0.717, 1.165) is 43.4 Å². The third-order valence-electron chi connectivity index (χ3n) is 6.71. The van der Waals surface area contributed by atoms with Crippen LogP contribution in [0.3, 0.4) is 0 Å². The molecular formula is C25H23F4N5O5. The van der Waals surface area contributed by atoms with Gasteiger partial charge in [-0.3, -0.25) is 9.69 Å². The molecule has 206 valence electrons. The molecule has 0 radical (unpaired) electrons. The molecule has 0 spiro atoms. The van der Waals surface area contributed by atoms with Crippen molar-refractivity contribution in [2.45, 2.75) is 25.7 Å². The Morgan fingerprint density at radius 3 is 2.51 bits per heavy atom. The van der Waals surface area contributed by atoms with E-state index in [1.165, 1.54) is 17.7 Å². The molecule has 0 saturated carbocycles. The number of benzene rings is 2. The zero-order valence-electron chi connectivity index (χ0n) is 20.3. The van der Waals surface area contributed by atoms with Crippen molar-refractivity contribution in [3.63, 3.8) is 0 Å². The first-order chi connectivity index (χ1) is 18.6. The number of ether oxygens (including phenoxy) is 2. The maximum absolute atomic E-state index is 13.4. The van der Waals surface area contributed by atoms with Crippen molar-refractivity contribution in [3.8, 4) is 11.5 Å². The van der Waals surface area contributed by atoms with Gasteiger partial charge >= 0.3 is 12.1 Å². The molecule has 14 heteroatoms. The van der Waals surface area contributed by atoms with Gasteiger partial charge in [0, 0.05) is 38.3 Å². The third-order valence-corrected chi connectivity index (χ3v) is 6.71. The Morgan fingerprint density at radius 1 is 1.03 bits per heavy atom. The monoisotopic (exact) mass is 549 g/mol. The van der Waals surface area contributed by atoms with E-state index in [2.05, 4.69) is 26.5 Å². The van der Waals surface area contributed by atoms with Crippen LogP contribution in [0.5, 0.6) is 11.5 Å². The Labute approximate surface area is 219 Å². The quantitative estimate of drug-likeness (QED) is 0.476. The lowest BCUT2D eigenvalue weighted by molar-refractivity contribution is -0.192. The van der Waals surface area contributed by atoms with Crippen LogP contribution < -0.4 is 14.8 Å². The van der Waals surface area contributed by atoms with Gasteiger partial charge in [-0.2, -0.15) is 13.2 Å². The number of hydrogen-bond donors (Lipinski definition) is 2. The molecule has 1 aromatic heterocycles. The van der Waals surface area contributed by atoms with Crippen LogP contribution in [0, 0.1) is 17.7 Å². The van der Waals surface area contributed by atoms with Gasteiger partial charge in [0.1, 0.15) is 11.6 Å². The fraction of sp³-hybridized carbons (Fsp3) is 0.360. The number of rotatable bonds is 4. The Morgan fingerprint density at radius 2 is 1.77 bits per heavy atom. The van der Waals surface area contributed by atoms with Gasteiger partial charge in [0.2, 0.25) is 12.6 Å². The second kappa shape index (κ2) is 10.5. The summed E-state index contributed by atoms with van der Waals surface area (Å²) in [6.07, 6.45) is -4.29. The maximum Gasteiger partial charge on any atom is 0.490 e. The van der Waals surface area contributed by atoms with E-state index in [1.807, 2.05) is 16.7 Å². The van der Waals surface area contributed by atoms with E-state index >= 15 is 0 Å². The first-order valence-electron chi connectivity index (χ1n) is 12.0. The van der Waals surface area contributed by atoms with Crippen LogP contribution in [0.15, 0.2) is 42.5 Å². The molecule has 1 amide bonds. The summed E-state index contributed by atoms with van der Waals surface area (Å²) in [5, 5.41) is 18.3. The molecule has 1 saturated heterocycles. The molecule has 4 heterocycles. The van der Waals surface area contributed by atoms with Gasteiger partial charge in [0.15, 0.2) is 11.5 Å². The Balaban J connectivity index is 0.000000392. The fourth-order valence-electron chi connectivity index (χ4n) is 4.97. The van der Waals surface area contributed by atoms with Crippen molar-refractivity contribution >= 4 is 17.6 Å². The number of halogens is 4. The number of aromatic nitrogens is 3. The number of alkyl halides is 3. The van der Waals surface area contributed by atoms with Crippen molar-refractivity contribution in [1.29, 1.82) is 0 Å². The largest absolute Gasteiger partial charge is 0.490 e. The van der Waals surface area contributed by atoms with Crippen molar-refractivity contribution in [2.75, 3.05) is 25.2 Å². The molecule has 6 rings (SSSR count). The molecule has 2 atom stereocenters. The number of carboxylic acid groups (broad SMARTS) is 1. The zero-order chi connectivity index (χ0) is 27.7. The van der Waals surface area contributed by atoms with Crippen LogP contribution in [0.2, 0.25) is 0 Å². The average Bonchev–Trinajstić information content (AvgIpc) is 3.59. The minimum absolute atomic E-state index is 0.275. The maximum atomic E-state index is 13.4. The summed E-state index contributed by atoms with van der Waals surface area (Å²) < 4.78 is 58.0. The smallest absolute Gasteiger partial charge is 0.475 e. The van der Waals surface area contributed by atoms with Crippen molar-refractivity contribution in [1.82, 2.24) is 19.7 Å². The van der Waals surface area contributed by atoms with Gasteiger partial charge in [0.05, 0.1) is 0 Å². The predicted octanol–water partition coefficient (Wildman–Crippen LogP) is 3.34. The third kappa shape index (κ3) is 5.95. The number of nitrogens with one attached hydrogen (secondary N) is 1. The highest BCUT2D eigenvalue weighted by Crippen LogP contribution is 2.36. The summed E-state index contributed by atoms with van der Waals surface area (Å²) >= 11 is 0. The second-order valence-corrected chi connectivity index (χ2v) is 9.42. The summed E-state index contributed by atoms with van der Waals surface area (Å²) in [6.45, 7) is 3.76. The number of amides is 1. The summed E-state index contributed by atoms with van der Waals surface area (Å²) in [7, 11) is 0. The molecule has 2 unspecified atom stereocenters. The SMILES string of the molecule is O=C(Nc1cccc(F)c1)c1nnc2n1CC1CN(Cc3ccc4c(c3)OCO4)CC1C2.O=C(O)C(F)(F)F. The highest BCUT2D eigenvalue weighted by molar-refractivity contribution is 6.01. The predicted molar refractivity (Wildman–Crippen MR) is 127 cm³/mol. The van der Waals surface area contributed by atoms with Crippen molar-refractivity contribution in [3.05, 3.63) is 65.5 Å². The molecule has 0 bridgehead atoms. The van der Waals surface area contributed by atoms with Crippen LogP contribution in [-0.4, -0.2) is 62.7 Å². The van der Waals surface area contributed by atoms with Gasteiger partial charge in [0.25, 0.3) is 5.91 Å². The Bertz CT molecular complexity index is 1400. The van der Waals surface area contributed by atoms with Crippen LogP contribution in [0.4, 0.5) is 23.2 Å². The Hall–Kier alpha value is -4.20. The molecule has 3 aliphatic rings. The molecule has 10 nitrogen and oxygen atoms in total. The van der Waals surface area contributed by atoms with Crippen LogP contribution in [-0.2, 0) is 24.3 Å². The lowest BCUT2D eigenvalue weighted by Crippen LogP contribution is -2.31. The molecule has 3 aromatic rings. The van der Waals surface area contributed by atoms with Crippen LogP contribution >= 0.6 is 0 Å². The zero-order valence-corrected chi connectivity index (χ0v) is 20.3. The number of carboxylic acids is 1. The van der Waals surface area contributed by atoms with E-state index in [4.69, 9.17) is 19.4 Å². The van der Waals surface area contributed by atoms with E-state index in [9.17, 15) is 22.4 Å². The number of fused-ring (bicyclic) bond motifs is 3. The Kier molecular flexibility index (Phi) is 7.12. The normalized spacial score (nSPS) is 19.5. The standard InChI is InChI=1S/C23H22FN5O3.C2HF3O2/c24-17-2-1-3-18(8-17)25-23(30)22-27-26-21-7-15-10-28(11-16(15)12-29(21)22)9-14-4-5-19-20(6-14)32-13-31-19;3-2(4,5)1(6)7/h1-6,8,15-16H,7,9-13H2,(H,25,30);(H,6,7). The lowest BCUT2D eigenvalue weighted by atomic mass is 9.89. The van der Waals surface area contributed by atoms with Crippen molar-refractivity contribution in [2.24, 2.45) is 11.8 Å². The van der Waals surface area contributed by atoms with Gasteiger partial charge in [-0.15, -0.1) is 10.2 Å². The van der Waals surface area contributed by atoms with Crippen LogP contribution in [0.25, 0.3) is 0 Å². The topological polar surface area (TPSA) is 119 Å². The number of aliphatic carboxylic acids is 1. The van der Waals surface area contributed by atoms with E-state index in [0.29, 0.717) is 24.1 Å². The first kappa shape index (κ1) is 26.4. The number of hydrogen-bond acceptors (Lipinski definition) is 7. The van der Waals surface area contributed by atoms with Crippen molar-refractivity contribution < 1.29 is 41.7 Å². The minimum Gasteiger partial charge on any atom is -0.475 e. The molecule has 2 aromatic carbocycles. The van der Waals surface area contributed by atoms with Gasteiger partial charge < -0.3 is 24.5 Å². The highest BCUT2D eigenvalue weighted by atomic mass is 19.4. The van der Waals surface area contributed by atoms with E-state index < -0.39 is 18.0 Å². The molecule has 39 heavy (non-hydrogen) atoms. The lowest BCUT2D eigenvalue weighted by Gasteiger charge is -2.25. The average molecular weight is 549 g/mol. The molecule has 0 aliphatic carbocycles. The summed E-state index contributed by atoms with van der Waals surface area (Å²) in [6, 6.07) is 11.9. The summed E-state index contributed by atoms with van der Waals surface area (Å²) in [5.41, 5.74) is 1.60. The minimum atomic E-state index is -5.08. The summed E-state index contributed by atoms with van der Waals surface area (Å²) in [5.74, 6) is 0.0913. The number of nitrogens with zero attached hydrogens (tertiary/aromatic N) is 4. The number of carbonyl (C=O) groups excluding carboxylic acids is 1. The number of anilines is 1. The first-order valence-corrected chi connectivity index (χ1v) is 12.0. The molecule has 2 N–H and O–H groups in total. The van der Waals surface area contributed by atoms with Gasteiger partial charge in [-0.05, 0) is 47.7 Å². The second-order valence-electron chi connectivity index (χ2n) is 9.42. The molecule has 1 fully saturated rings. The number of carbonyl (C=O) groups is 2. The van der Waals surface area contributed by atoms with E-state index in [1.54, 1.807) is 12.1 Å². The number of likely N-dealkylation sites (tertiary alicyclic amines) is 1. The highest BCUT2D eigenvalue weighted by Gasteiger charge is 2.39. The van der Waals surface area contributed by atoms with Crippen LogP contribution in [0.1, 0.15) is 22.0 Å². The molecular weight excluding hydrogens is 526 g/mol. The van der Waals surface area contributed by atoms with E-state index in [-0.39, 0.29) is 18.5 Å². The van der Waals surface area contributed by atoms with Gasteiger partial charge in [-0.25, -0.2) is 9.18 Å². The fourth-order valence-corrected chi connectivity index (χ4v) is 4.97. The molecule has 3 aliphatic heterocycles. The van der Waals surface area contributed by atoms with Gasteiger partial charge in [-0.1, -0.05) is 12.1 Å².